The van der Waals surface area contributed by atoms with Crippen LogP contribution >= 0.6 is 0 Å². The molecule has 0 rings (SSSR count). The Morgan fingerprint density at radius 1 is 0.545 bits per heavy atom. The number of carboxylic acid groups (broad SMARTS) is 4. The molecule has 0 saturated carbocycles. The first-order valence-electron chi connectivity index (χ1n) is 5.44. The molecule has 0 aromatic rings. The zero-order valence-electron chi connectivity index (χ0n) is 11.8. The van der Waals surface area contributed by atoms with Crippen molar-refractivity contribution in [3.05, 3.63) is 0 Å². The molecule has 114 valence electrons. The van der Waals surface area contributed by atoms with E-state index in [2.05, 4.69) is 0 Å². The van der Waals surface area contributed by atoms with Crippen LogP contribution in [0.2, 0.25) is 0 Å². The van der Waals surface area contributed by atoms with Crippen LogP contribution < -0.4 is 20.4 Å². The van der Waals surface area contributed by atoms with Crippen LogP contribution in [0.3, 0.4) is 0 Å². The maximum atomic E-state index is 10.4. The number of carbonyl (C=O) groups is 4. The summed E-state index contributed by atoms with van der Waals surface area (Å²) in [6, 6.07) is 0. The minimum absolute atomic E-state index is 0. The first kappa shape index (κ1) is 26.5. The van der Waals surface area contributed by atoms with Gasteiger partial charge in [0.05, 0.1) is 23.9 Å². The summed E-state index contributed by atoms with van der Waals surface area (Å²) in [4.78, 5) is 43.4. The van der Waals surface area contributed by atoms with E-state index in [0.29, 0.717) is 0 Å². The molecule has 0 amide bonds. The number of hydrogen-bond acceptors (Lipinski definition) is 10. The molecule has 0 aromatic carbocycles. The molecule has 0 aromatic heterocycles. The predicted octanol–water partition coefficient (Wildman–Crippen LogP) is -7.42. The fraction of sp³-hybridized carbons (Fsp3) is 0.600. The summed E-state index contributed by atoms with van der Waals surface area (Å²) in [6.07, 6.45) is 0. The average Bonchev–Trinajstić information content (AvgIpc) is 2.22. The minimum Gasteiger partial charge on any atom is -0.549 e. The Hall–Kier alpha value is -0.356. The second-order valence-corrected chi connectivity index (χ2v) is 3.91. The SMILES string of the molecule is O=C([O-])CN(CCN(CC(=O)[O-])CC(=O)[O-])CC(=O)[O-].[Cd+2].[Cd+2]. The predicted molar refractivity (Wildman–Crippen MR) is 52.9 cm³/mol. The van der Waals surface area contributed by atoms with Gasteiger partial charge in [-0.25, -0.2) is 0 Å². The standard InChI is InChI=1S/C10H16N2O8.2Cd/c13-7(14)3-11(4-8(15)16)1-2-12(5-9(17)18)6-10(19)20;;/h1-6H2,(H,13,14)(H,15,16)(H,17,18)(H,19,20);;/q;2*+2/p-4. The van der Waals surface area contributed by atoms with E-state index in [4.69, 9.17) is 0 Å². The number of aliphatic carboxylic acids is 4. The largest absolute Gasteiger partial charge is 2.00 e. The van der Waals surface area contributed by atoms with Gasteiger partial charge >= 0.3 is 54.6 Å². The third-order valence-corrected chi connectivity index (χ3v) is 2.14. The number of carbonyl (C=O) groups excluding carboxylic acids is 4. The summed E-state index contributed by atoms with van der Waals surface area (Å²) >= 11 is 0. The van der Waals surface area contributed by atoms with E-state index in [1.807, 2.05) is 0 Å². The molecule has 0 aliphatic heterocycles. The summed E-state index contributed by atoms with van der Waals surface area (Å²) in [7, 11) is 0. The third kappa shape index (κ3) is 16.0. The maximum Gasteiger partial charge on any atom is 2.00 e. The number of nitrogens with zero attached hydrogens (tertiary/aromatic N) is 2. The molecule has 0 bridgehead atoms. The van der Waals surface area contributed by atoms with E-state index in [1.54, 1.807) is 0 Å². The molecular formula is C10H12Cd2N2O8. The summed E-state index contributed by atoms with van der Waals surface area (Å²) < 4.78 is 0. The van der Waals surface area contributed by atoms with Crippen LogP contribution in [0.25, 0.3) is 0 Å². The molecule has 10 nitrogen and oxygen atoms in total. The van der Waals surface area contributed by atoms with E-state index < -0.39 is 50.1 Å². The van der Waals surface area contributed by atoms with E-state index >= 15 is 0 Å². The molecular weight excluding hydrogens is 501 g/mol. The van der Waals surface area contributed by atoms with Crippen LogP contribution in [-0.4, -0.2) is 72.9 Å². The Labute approximate surface area is 166 Å². The molecule has 0 heterocycles. The molecule has 0 radical (unpaired) electrons. The maximum absolute atomic E-state index is 10.4. The molecule has 12 heteroatoms. The number of hydrogen-bond donors (Lipinski definition) is 0. The van der Waals surface area contributed by atoms with Crippen molar-refractivity contribution in [1.29, 1.82) is 0 Å². The van der Waals surface area contributed by atoms with Gasteiger partial charge in [0.2, 0.25) is 0 Å². The van der Waals surface area contributed by atoms with Crippen molar-refractivity contribution in [3.8, 4) is 0 Å². The van der Waals surface area contributed by atoms with E-state index in [-0.39, 0.29) is 67.7 Å². The van der Waals surface area contributed by atoms with Gasteiger partial charge in [-0.15, -0.1) is 0 Å². The summed E-state index contributed by atoms with van der Waals surface area (Å²) in [5, 5.41) is 41.6. The van der Waals surface area contributed by atoms with Crippen LogP contribution in [-0.2, 0) is 73.8 Å². The van der Waals surface area contributed by atoms with Crippen LogP contribution in [0, 0.1) is 0 Å². The van der Waals surface area contributed by atoms with Gasteiger partial charge in [0.1, 0.15) is 0 Å². The van der Waals surface area contributed by atoms with Crippen molar-refractivity contribution in [3.63, 3.8) is 0 Å². The van der Waals surface area contributed by atoms with Gasteiger partial charge < -0.3 is 39.6 Å². The van der Waals surface area contributed by atoms with Gasteiger partial charge in [-0.05, 0) is 0 Å². The van der Waals surface area contributed by atoms with Crippen molar-refractivity contribution in [1.82, 2.24) is 9.80 Å². The zero-order valence-corrected chi connectivity index (χ0v) is 19.9. The molecule has 0 aliphatic carbocycles. The fourth-order valence-corrected chi connectivity index (χ4v) is 1.44. The molecule has 0 unspecified atom stereocenters. The van der Waals surface area contributed by atoms with Crippen molar-refractivity contribution >= 4 is 23.9 Å². The molecule has 22 heavy (non-hydrogen) atoms. The van der Waals surface area contributed by atoms with Gasteiger partial charge in [-0.2, -0.15) is 0 Å². The number of rotatable bonds is 11. The second kappa shape index (κ2) is 14.3. The summed E-state index contributed by atoms with van der Waals surface area (Å²) in [5.74, 6) is -6.12. The molecule has 0 fully saturated rings. The van der Waals surface area contributed by atoms with Crippen molar-refractivity contribution < 1.29 is 94.2 Å². The fourth-order valence-electron chi connectivity index (χ4n) is 1.44. The Bertz CT molecular complexity index is 325. The topological polar surface area (TPSA) is 167 Å². The molecule has 0 saturated heterocycles. The van der Waals surface area contributed by atoms with Gasteiger partial charge in [0.25, 0.3) is 0 Å². The first-order chi connectivity index (χ1) is 9.20. The van der Waals surface area contributed by atoms with E-state index in [0.717, 1.165) is 9.80 Å². The first-order valence-corrected chi connectivity index (χ1v) is 5.44. The average molecular weight is 513 g/mol. The van der Waals surface area contributed by atoms with Gasteiger partial charge in [-0.1, -0.05) is 0 Å². The minimum atomic E-state index is -1.53. The van der Waals surface area contributed by atoms with Gasteiger partial charge in [0, 0.05) is 39.3 Å². The molecule has 0 N–H and O–H groups in total. The second-order valence-electron chi connectivity index (χ2n) is 3.91. The summed E-state index contributed by atoms with van der Waals surface area (Å²) in [5.41, 5.74) is 0. The van der Waals surface area contributed by atoms with E-state index in [1.165, 1.54) is 0 Å². The molecule has 0 atom stereocenters. The van der Waals surface area contributed by atoms with Crippen molar-refractivity contribution in [2.45, 2.75) is 0 Å². The monoisotopic (exact) mass is 516 g/mol. The molecule has 0 spiro atoms. The Kier molecular flexibility index (Phi) is 17.2. The van der Waals surface area contributed by atoms with Crippen LogP contribution in [0.1, 0.15) is 0 Å². The van der Waals surface area contributed by atoms with Gasteiger partial charge in [-0.3, -0.25) is 9.80 Å². The van der Waals surface area contributed by atoms with E-state index in [9.17, 15) is 39.6 Å². The third-order valence-electron chi connectivity index (χ3n) is 2.14. The van der Waals surface area contributed by atoms with Crippen molar-refractivity contribution in [2.24, 2.45) is 0 Å². The Morgan fingerprint density at radius 2 is 0.727 bits per heavy atom. The number of carboxylic acids is 4. The van der Waals surface area contributed by atoms with Crippen LogP contribution in [0.5, 0.6) is 0 Å². The Morgan fingerprint density at radius 3 is 0.864 bits per heavy atom. The quantitative estimate of drug-likeness (QED) is 0.242. The summed E-state index contributed by atoms with van der Waals surface area (Å²) in [6.45, 7) is -3.25. The van der Waals surface area contributed by atoms with Crippen LogP contribution in [0.4, 0.5) is 0 Å². The van der Waals surface area contributed by atoms with Gasteiger partial charge in [0.15, 0.2) is 0 Å². The van der Waals surface area contributed by atoms with Crippen LogP contribution in [0.15, 0.2) is 0 Å². The molecule has 0 aliphatic rings. The normalized spacial score (nSPS) is 9.73. The zero-order chi connectivity index (χ0) is 15.7. The Balaban J connectivity index is -0.00000180. The van der Waals surface area contributed by atoms with Crippen molar-refractivity contribution in [2.75, 3.05) is 39.3 Å². The smallest absolute Gasteiger partial charge is 0.549 e.